The first-order valence-corrected chi connectivity index (χ1v) is 15.6. The van der Waals surface area contributed by atoms with Gasteiger partial charge in [0.15, 0.2) is 0 Å². The molecule has 39 heavy (non-hydrogen) atoms. The van der Waals surface area contributed by atoms with Crippen molar-refractivity contribution < 1.29 is 9.63 Å². The normalized spacial score (nSPS) is 16.9. The van der Waals surface area contributed by atoms with E-state index in [0.29, 0.717) is 17.9 Å². The molecule has 4 aromatic rings. The molecule has 1 aliphatic heterocycles. The lowest BCUT2D eigenvalue weighted by Gasteiger charge is -2.29. The second-order valence-electron chi connectivity index (χ2n) is 10.4. The Bertz CT molecular complexity index is 1260. The van der Waals surface area contributed by atoms with Gasteiger partial charge in [0.25, 0.3) is 0 Å². The van der Waals surface area contributed by atoms with E-state index in [9.17, 15) is 4.79 Å². The molecular formula is C34H37NO2P2. The van der Waals surface area contributed by atoms with Crippen LogP contribution in [0, 0.1) is 5.92 Å². The van der Waals surface area contributed by atoms with Crippen LogP contribution in [0.4, 0.5) is 0 Å². The van der Waals surface area contributed by atoms with E-state index in [-0.39, 0.29) is 11.5 Å². The minimum atomic E-state index is -0.632. The van der Waals surface area contributed by atoms with Crippen molar-refractivity contribution in [3.63, 3.8) is 0 Å². The van der Waals surface area contributed by atoms with Gasteiger partial charge in [0.2, 0.25) is 0 Å². The Morgan fingerprint density at radius 2 is 1.18 bits per heavy atom. The molecule has 3 nitrogen and oxygen atoms in total. The van der Waals surface area contributed by atoms with E-state index in [2.05, 4.69) is 124 Å². The van der Waals surface area contributed by atoms with E-state index >= 15 is 0 Å². The number of carbonyl (C=O) groups excluding carboxylic acids is 1. The monoisotopic (exact) mass is 553 g/mol. The van der Waals surface area contributed by atoms with Crippen LogP contribution < -0.4 is 10.6 Å². The van der Waals surface area contributed by atoms with Crippen LogP contribution in [-0.4, -0.2) is 35.0 Å². The molecule has 0 bridgehead atoms. The molecule has 0 N–H and O–H groups in total. The predicted octanol–water partition coefficient (Wildman–Crippen LogP) is 7.09. The second-order valence-corrected chi connectivity index (χ2v) is 13.3. The molecule has 0 aliphatic carbocycles. The third kappa shape index (κ3) is 7.76. The molecule has 1 aliphatic rings. The maximum atomic E-state index is 11.8. The van der Waals surface area contributed by atoms with Gasteiger partial charge in [-0.2, -0.15) is 0 Å². The highest BCUT2D eigenvalue weighted by Gasteiger charge is 2.44. The Balaban J connectivity index is 0.000000243. The molecule has 3 atom stereocenters. The summed E-state index contributed by atoms with van der Waals surface area (Å²) in [6.45, 7) is 6.73. The largest absolute Gasteiger partial charge is 0.267 e. The van der Waals surface area contributed by atoms with Crippen molar-refractivity contribution in [2.75, 3.05) is 12.7 Å². The number of nitrogens with zero attached hydrogens (tertiary/aromatic N) is 1. The van der Waals surface area contributed by atoms with Crippen LogP contribution in [-0.2, 0) is 9.63 Å². The van der Waals surface area contributed by atoms with Crippen LogP contribution in [0.5, 0.6) is 0 Å². The van der Waals surface area contributed by atoms with Gasteiger partial charge in [-0.3, -0.25) is 4.84 Å². The van der Waals surface area contributed by atoms with E-state index < -0.39 is 7.92 Å². The smallest absolute Gasteiger partial charge is 0.148 e. The summed E-state index contributed by atoms with van der Waals surface area (Å²) < 4.78 is 0. The fourth-order valence-corrected chi connectivity index (χ4v) is 8.57. The Morgan fingerprint density at radius 1 is 0.769 bits per heavy atom. The SMILES string of the molecule is CC(C)(C)ON1CC(P(c2ccccc2)c2ccccc2)C(CP)C1=C=O.c1ccc(-c2ccccc2)cc1. The summed E-state index contributed by atoms with van der Waals surface area (Å²) >= 11 is 0. The summed E-state index contributed by atoms with van der Waals surface area (Å²) in [7, 11) is 2.18. The minimum absolute atomic E-state index is 0.112. The van der Waals surface area contributed by atoms with Gasteiger partial charge in [0.1, 0.15) is 11.6 Å². The Hall–Kier alpha value is -3.05. The van der Waals surface area contributed by atoms with Gasteiger partial charge in [0, 0.05) is 11.6 Å². The first-order valence-electron chi connectivity index (χ1n) is 13.3. The maximum Gasteiger partial charge on any atom is 0.148 e. The zero-order valence-corrected chi connectivity index (χ0v) is 25.0. The zero-order chi connectivity index (χ0) is 27.7. The lowest BCUT2D eigenvalue weighted by Crippen LogP contribution is -2.33. The fraction of sp³-hybridized carbons (Fsp3) is 0.235. The summed E-state index contributed by atoms with van der Waals surface area (Å²) in [6.07, 6.45) is 0.817. The number of hydrogen-bond donors (Lipinski definition) is 0. The standard InChI is InChI=1S/C22H27NO2P2.C12H10/c1-22(2,3)25-23-14-21(19(16-26)20(23)15-24)27(17-10-6-4-7-11-17)18-12-8-5-9-13-18;1-3-7-11(8-4-1)12-9-5-2-6-10-12/h4-13,19,21H,14,16,26H2,1-3H3;1-10H. The molecule has 4 aromatic carbocycles. The molecule has 0 radical (unpaired) electrons. The van der Waals surface area contributed by atoms with Crippen molar-refractivity contribution in [1.29, 1.82) is 0 Å². The quantitative estimate of drug-likeness (QED) is 0.189. The highest BCUT2D eigenvalue weighted by Crippen LogP contribution is 2.50. The highest BCUT2D eigenvalue weighted by atomic mass is 31.1. The van der Waals surface area contributed by atoms with Crippen LogP contribution in [0.1, 0.15) is 20.8 Å². The molecule has 1 fully saturated rings. The molecular weight excluding hydrogens is 516 g/mol. The summed E-state index contributed by atoms with van der Waals surface area (Å²) in [5, 5.41) is 4.46. The van der Waals surface area contributed by atoms with Crippen molar-refractivity contribution in [1.82, 2.24) is 5.06 Å². The number of hydroxylamine groups is 2. The number of allylic oxidation sites excluding steroid dienone is 1. The maximum absolute atomic E-state index is 11.8. The molecule has 200 valence electrons. The molecule has 0 amide bonds. The topological polar surface area (TPSA) is 29.5 Å². The van der Waals surface area contributed by atoms with Gasteiger partial charge < -0.3 is 0 Å². The molecule has 0 saturated carbocycles. The van der Waals surface area contributed by atoms with E-state index in [1.807, 2.05) is 32.9 Å². The first-order chi connectivity index (χ1) is 18.9. The molecule has 1 saturated heterocycles. The van der Waals surface area contributed by atoms with Crippen LogP contribution in [0.2, 0.25) is 0 Å². The lowest BCUT2D eigenvalue weighted by molar-refractivity contribution is -0.198. The second kappa shape index (κ2) is 13.8. The van der Waals surface area contributed by atoms with Gasteiger partial charge >= 0.3 is 0 Å². The summed E-state index contributed by atoms with van der Waals surface area (Å²) in [6, 6.07) is 42.1. The number of rotatable bonds is 6. The number of hydrogen-bond acceptors (Lipinski definition) is 3. The third-order valence-electron chi connectivity index (χ3n) is 6.46. The molecule has 5 heteroatoms. The van der Waals surface area contributed by atoms with Crippen LogP contribution in [0.25, 0.3) is 11.1 Å². The third-order valence-corrected chi connectivity index (χ3v) is 9.86. The van der Waals surface area contributed by atoms with Crippen molar-refractivity contribution in [3.05, 3.63) is 127 Å². The van der Waals surface area contributed by atoms with Crippen molar-refractivity contribution in [2.24, 2.45) is 5.92 Å². The summed E-state index contributed by atoms with van der Waals surface area (Å²) in [4.78, 5) is 17.9. The molecule has 0 aromatic heterocycles. The molecule has 3 unspecified atom stereocenters. The van der Waals surface area contributed by atoms with Gasteiger partial charge in [-0.05, 0) is 56.6 Å². The Morgan fingerprint density at radius 3 is 1.54 bits per heavy atom. The molecule has 5 rings (SSSR count). The van der Waals surface area contributed by atoms with Gasteiger partial charge in [-0.1, -0.05) is 121 Å². The average molecular weight is 554 g/mol. The summed E-state index contributed by atoms with van der Waals surface area (Å²) in [5.74, 6) is 2.30. The fourth-order valence-electron chi connectivity index (χ4n) is 4.81. The zero-order valence-electron chi connectivity index (χ0n) is 22.9. The lowest BCUT2D eigenvalue weighted by atomic mass is 10.1. The molecule has 1 heterocycles. The van der Waals surface area contributed by atoms with Crippen LogP contribution in [0.3, 0.4) is 0 Å². The van der Waals surface area contributed by atoms with Crippen molar-refractivity contribution in [3.8, 4) is 11.1 Å². The van der Waals surface area contributed by atoms with E-state index in [1.54, 1.807) is 5.06 Å². The van der Waals surface area contributed by atoms with Gasteiger partial charge in [0.05, 0.1) is 12.1 Å². The van der Waals surface area contributed by atoms with E-state index in [1.165, 1.54) is 21.7 Å². The Kier molecular flexibility index (Phi) is 10.3. The predicted molar refractivity (Wildman–Crippen MR) is 170 cm³/mol. The van der Waals surface area contributed by atoms with E-state index in [0.717, 1.165) is 6.16 Å². The Labute approximate surface area is 236 Å². The van der Waals surface area contributed by atoms with Gasteiger partial charge in [-0.15, -0.1) is 9.24 Å². The highest BCUT2D eigenvalue weighted by molar-refractivity contribution is 7.73. The number of benzene rings is 4. The summed E-state index contributed by atoms with van der Waals surface area (Å²) in [5.41, 5.74) is 3.13. The molecule has 0 spiro atoms. The van der Waals surface area contributed by atoms with Crippen LogP contribution in [0.15, 0.2) is 127 Å². The van der Waals surface area contributed by atoms with Crippen LogP contribution >= 0.6 is 17.2 Å². The van der Waals surface area contributed by atoms with Crippen molar-refractivity contribution in [2.45, 2.75) is 32.0 Å². The first kappa shape index (κ1) is 28.9. The average Bonchev–Trinajstić information content (AvgIpc) is 3.30. The van der Waals surface area contributed by atoms with Crippen molar-refractivity contribution >= 4 is 33.7 Å². The van der Waals surface area contributed by atoms with E-state index in [4.69, 9.17) is 4.84 Å². The van der Waals surface area contributed by atoms with Gasteiger partial charge in [-0.25, -0.2) is 9.86 Å². The minimum Gasteiger partial charge on any atom is -0.267 e.